The molecular weight excluding hydrogens is 220 g/mol. The molecule has 0 saturated carbocycles. The van der Waals surface area contributed by atoms with Gasteiger partial charge in [0, 0.05) is 5.69 Å². The van der Waals surface area contributed by atoms with E-state index in [-0.39, 0.29) is 11.8 Å². The molecule has 0 bridgehead atoms. The van der Waals surface area contributed by atoms with Crippen LogP contribution in [0.15, 0.2) is 28.7 Å². The summed E-state index contributed by atoms with van der Waals surface area (Å²) < 4.78 is 5.10. The fraction of sp³-hybridized carbons (Fsp3) is 0.167. The number of oxazole rings is 1. The van der Waals surface area contributed by atoms with Gasteiger partial charge in [-0.1, -0.05) is 12.1 Å². The maximum absolute atomic E-state index is 10.8. The first kappa shape index (κ1) is 11.2. The molecule has 0 spiro atoms. The third kappa shape index (κ3) is 2.44. The number of nitrogens with one attached hydrogen (secondary N) is 1. The Morgan fingerprint density at radius 2 is 2.18 bits per heavy atom. The summed E-state index contributed by atoms with van der Waals surface area (Å²) >= 11 is 0. The Balaban J connectivity index is 2.25. The van der Waals surface area contributed by atoms with Crippen molar-refractivity contribution in [2.75, 3.05) is 5.32 Å². The van der Waals surface area contributed by atoms with E-state index >= 15 is 0 Å². The third-order valence-corrected chi connectivity index (χ3v) is 2.26. The van der Waals surface area contributed by atoms with Gasteiger partial charge >= 0.3 is 5.97 Å². The van der Waals surface area contributed by atoms with E-state index < -0.39 is 5.97 Å². The Kier molecular flexibility index (Phi) is 2.82. The zero-order valence-electron chi connectivity index (χ0n) is 9.52. The highest BCUT2D eigenvalue weighted by molar-refractivity contribution is 5.85. The summed E-state index contributed by atoms with van der Waals surface area (Å²) in [6, 6.07) is 7.82. The lowest BCUT2D eigenvalue weighted by molar-refractivity contribution is 0.0662. The largest absolute Gasteiger partial charge is 0.475 e. The van der Waals surface area contributed by atoms with Crippen molar-refractivity contribution in [3.63, 3.8) is 0 Å². The Bertz CT molecular complexity index is 561. The molecule has 0 radical (unpaired) electrons. The first-order valence-corrected chi connectivity index (χ1v) is 5.10. The molecule has 0 saturated heterocycles. The number of benzene rings is 1. The molecule has 0 atom stereocenters. The Hall–Kier alpha value is -2.30. The molecule has 0 aliphatic heterocycles. The van der Waals surface area contributed by atoms with Gasteiger partial charge in [0.15, 0.2) is 0 Å². The number of aromatic carboxylic acids is 1. The smallest absolute Gasteiger partial charge is 0.373 e. The van der Waals surface area contributed by atoms with E-state index in [9.17, 15) is 4.79 Å². The molecule has 0 aliphatic carbocycles. The van der Waals surface area contributed by atoms with Crippen LogP contribution in [-0.2, 0) is 0 Å². The van der Waals surface area contributed by atoms with Crippen LogP contribution in [0.2, 0.25) is 0 Å². The molecule has 0 fully saturated rings. The van der Waals surface area contributed by atoms with Gasteiger partial charge in [0.2, 0.25) is 5.76 Å². The number of nitrogens with zero attached hydrogens (tertiary/aromatic N) is 1. The SMILES string of the molecule is Cc1cccc(Nc2nc(C)c(C(=O)O)o2)c1. The van der Waals surface area contributed by atoms with E-state index in [2.05, 4.69) is 10.3 Å². The number of carbonyl (C=O) groups is 1. The fourth-order valence-electron chi connectivity index (χ4n) is 1.49. The second kappa shape index (κ2) is 4.29. The monoisotopic (exact) mass is 232 g/mol. The number of hydrogen-bond donors (Lipinski definition) is 2. The number of rotatable bonds is 3. The van der Waals surface area contributed by atoms with Gasteiger partial charge in [-0.3, -0.25) is 0 Å². The lowest BCUT2D eigenvalue weighted by Gasteiger charge is -2.01. The van der Waals surface area contributed by atoms with Gasteiger partial charge in [-0.05, 0) is 31.5 Å². The summed E-state index contributed by atoms with van der Waals surface area (Å²) in [5.41, 5.74) is 2.26. The lowest BCUT2D eigenvalue weighted by atomic mass is 10.2. The van der Waals surface area contributed by atoms with E-state index in [4.69, 9.17) is 9.52 Å². The van der Waals surface area contributed by atoms with Gasteiger partial charge in [0.25, 0.3) is 6.01 Å². The van der Waals surface area contributed by atoms with Gasteiger partial charge in [-0.25, -0.2) is 4.79 Å². The highest BCUT2D eigenvalue weighted by Crippen LogP contribution is 2.19. The summed E-state index contributed by atoms with van der Waals surface area (Å²) in [5.74, 6) is -1.26. The second-order valence-corrected chi connectivity index (χ2v) is 3.73. The molecule has 88 valence electrons. The quantitative estimate of drug-likeness (QED) is 0.850. The van der Waals surface area contributed by atoms with E-state index in [1.54, 1.807) is 6.92 Å². The standard InChI is InChI=1S/C12H12N2O3/c1-7-4-3-5-9(6-7)14-12-13-8(2)10(17-12)11(15)16/h3-6H,1-2H3,(H,13,14)(H,15,16). The molecule has 5 nitrogen and oxygen atoms in total. The van der Waals surface area contributed by atoms with Crippen LogP contribution in [0.1, 0.15) is 21.8 Å². The van der Waals surface area contributed by atoms with Crippen LogP contribution in [0, 0.1) is 13.8 Å². The number of hydrogen-bond acceptors (Lipinski definition) is 4. The molecule has 2 N–H and O–H groups in total. The summed E-state index contributed by atoms with van der Waals surface area (Å²) in [6.07, 6.45) is 0. The molecule has 0 unspecified atom stereocenters. The van der Waals surface area contributed by atoms with Crippen LogP contribution in [0.25, 0.3) is 0 Å². The first-order chi connectivity index (χ1) is 8.06. The molecule has 0 amide bonds. The predicted molar refractivity (Wildman–Crippen MR) is 62.7 cm³/mol. The highest BCUT2D eigenvalue weighted by atomic mass is 16.4. The number of carboxylic acids is 1. The Labute approximate surface area is 98.1 Å². The molecule has 1 aromatic heterocycles. The van der Waals surface area contributed by atoms with Crippen molar-refractivity contribution in [1.82, 2.24) is 4.98 Å². The molecule has 17 heavy (non-hydrogen) atoms. The summed E-state index contributed by atoms with van der Waals surface area (Å²) in [5, 5.41) is 11.7. The van der Waals surface area contributed by atoms with Crippen molar-refractivity contribution >= 4 is 17.7 Å². The van der Waals surface area contributed by atoms with Crippen molar-refractivity contribution in [1.29, 1.82) is 0 Å². The average molecular weight is 232 g/mol. The number of anilines is 2. The van der Waals surface area contributed by atoms with Crippen LogP contribution < -0.4 is 5.32 Å². The summed E-state index contributed by atoms with van der Waals surface area (Å²) in [7, 11) is 0. The molecule has 0 aliphatic rings. The van der Waals surface area contributed by atoms with E-state index in [0.717, 1.165) is 11.3 Å². The fourth-order valence-corrected chi connectivity index (χ4v) is 1.49. The Morgan fingerprint density at radius 3 is 2.76 bits per heavy atom. The van der Waals surface area contributed by atoms with Crippen molar-refractivity contribution < 1.29 is 14.3 Å². The molecule has 5 heteroatoms. The summed E-state index contributed by atoms with van der Waals surface area (Å²) in [6.45, 7) is 3.56. The van der Waals surface area contributed by atoms with Crippen LogP contribution in [0.3, 0.4) is 0 Å². The minimum absolute atomic E-state index is 0.139. The average Bonchev–Trinajstić information content (AvgIpc) is 2.59. The van der Waals surface area contributed by atoms with E-state index in [1.165, 1.54) is 0 Å². The number of aromatic nitrogens is 1. The van der Waals surface area contributed by atoms with Crippen molar-refractivity contribution in [2.24, 2.45) is 0 Å². The van der Waals surface area contributed by atoms with E-state index in [1.807, 2.05) is 31.2 Å². The topological polar surface area (TPSA) is 75.4 Å². The number of carboxylic acid groups (broad SMARTS) is 1. The van der Waals surface area contributed by atoms with Crippen molar-refractivity contribution in [2.45, 2.75) is 13.8 Å². The molecular formula is C12H12N2O3. The van der Waals surface area contributed by atoms with Crippen LogP contribution >= 0.6 is 0 Å². The highest BCUT2D eigenvalue weighted by Gasteiger charge is 2.15. The zero-order chi connectivity index (χ0) is 12.4. The van der Waals surface area contributed by atoms with Gasteiger partial charge in [-0.2, -0.15) is 4.98 Å². The van der Waals surface area contributed by atoms with Crippen LogP contribution in [0.4, 0.5) is 11.7 Å². The third-order valence-electron chi connectivity index (χ3n) is 2.26. The zero-order valence-corrected chi connectivity index (χ0v) is 9.52. The minimum Gasteiger partial charge on any atom is -0.475 e. The maximum atomic E-state index is 10.8. The molecule has 2 aromatic rings. The van der Waals surface area contributed by atoms with Gasteiger partial charge in [0.05, 0.1) is 5.69 Å². The van der Waals surface area contributed by atoms with Crippen molar-refractivity contribution in [3.05, 3.63) is 41.3 Å². The van der Waals surface area contributed by atoms with Gasteiger partial charge in [-0.15, -0.1) is 0 Å². The van der Waals surface area contributed by atoms with E-state index in [0.29, 0.717) is 5.69 Å². The second-order valence-electron chi connectivity index (χ2n) is 3.73. The predicted octanol–water partition coefficient (Wildman–Crippen LogP) is 2.73. The normalized spacial score (nSPS) is 10.2. The maximum Gasteiger partial charge on any atom is 0.373 e. The summed E-state index contributed by atoms with van der Waals surface area (Å²) in [4.78, 5) is 14.8. The molecule has 1 aromatic carbocycles. The lowest BCUT2D eigenvalue weighted by Crippen LogP contribution is -1.95. The van der Waals surface area contributed by atoms with Crippen LogP contribution in [0.5, 0.6) is 0 Å². The number of aryl methyl sites for hydroxylation is 2. The first-order valence-electron chi connectivity index (χ1n) is 5.10. The van der Waals surface area contributed by atoms with Crippen molar-refractivity contribution in [3.8, 4) is 0 Å². The minimum atomic E-state index is -1.12. The van der Waals surface area contributed by atoms with Gasteiger partial charge < -0.3 is 14.8 Å². The van der Waals surface area contributed by atoms with Crippen LogP contribution in [-0.4, -0.2) is 16.1 Å². The molecule has 1 heterocycles. The van der Waals surface area contributed by atoms with Gasteiger partial charge in [0.1, 0.15) is 0 Å². The Morgan fingerprint density at radius 1 is 1.41 bits per heavy atom. The molecule has 2 rings (SSSR count).